The van der Waals surface area contributed by atoms with Crippen LogP contribution < -0.4 is 5.11 Å². The highest BCUT2D eigenvalue weighted by Gasteiger charge is 2.66. The summed E-state index contributed by atoms with van der Waals surface area (Å²) in [5, 5.41) is 10.9. The Labute approximate surface area is 88.7 Å². The van der Waals surface area contributed by atoms with E-state index in [1.807, 2.05) is 0 Å². The molecule has 2 aliphatic carbocycles. The summed E-state index contributed by atoms with van der Waals surface area (Å²) < 4.78 is 5.15. The Kier molecular flexibility index (Phi) is 1.56. The number of hydrogen-bond donors (Lipinski definition) is 0. The summed E-state index contributed by atoms with van der Waals surface area (Å²) in [6.45, 7) is 0. The lowest BCUT2D eigenvalue weighted by Crippen LogP contribution is -2.44. The second-order valence-electron chi connectivity index (χ2n) is 4.28. The largest absolute Gasteiger partial charge is 0.550 e. The monoisotopic (exact) mass is 259 g/mol. The number of halogens is 1. The molecule has 0 radical (unpaired) electrons. The average molecular weight is 260 g/mol. The number of alkyl halides is 1. The van der Waals surface area contributed by atoms with Crippen molar-refractivity contribution in [2.45, 2.75) is 17.4 Å². The number of esters is 1. The summed E-state index contributed by atoms with van der Waals surface area (Å²) >= 11 is 3.42. The Balaban J connectivity index is 2.04. The van der Waals surface area contributed by atoms with Crippen molar-refractivity contribution in [3.63, 3.8) is 0 Å². The molecule has 1 aliphatic heterocycles. The molecule has 4 nitrogen and oxygen atoms in total. The van der Waals surface area contributed by atoms with Gasteiger partial charge in [-0.05, 0) is 12.3 Å². The van der Waals surface area contributed by atoms with Crippen LogP contribution in [0.1, 0.15) is 6.42 Å². The van der Waals surface area contributed by atoms with Gasteiger partial charge in [0.25, 0.3) is 0 Å². The number of carbonyl (C=O) groups is 2. The molecule has 0 aromatic carbocycles. The van der Waals surface area contributed by atoms with E-state index >= 15 is 0 Å². The molecular weight excluding hydrogens is 252 g/mol. The van der Waals surface area contributed by atoms with Gasteiger partial charge in [0.15, 0.2) is 0 Å². The van der Waals surface area contributed by atoms with Crippen molar-refractivity contribution in [1.29, 1.82) is 0 Å². The van der Waals surface area contributed by atoms with E-state index in [1.165, 1.54) is 0 Å². The summed E-state index contributed by atoms with van der Waals surface area (Å²) in [5.41, 5.74) is 0. The minimum atomic E-state index is -1.11. The molecule has 0 amide bonds. The predicted octanol–water partition coefficient (Wildman–Crippen LogP) is -0.693. The molecule has 0 spiro atoms. The average Bonchev–Trinajstić information content (AvgIpc) is 2.67. The van der Waals surface area contributed by atoms with Crippen molar-refractivity contribution in [3.05, 3.63) is 0 Å². The Hall–Kier alpha value is -0.580. The molecule has 14 heavy (non-hydrogen) atoms. The van der Waals surface area contributed by atoms with E-state index in [-0.39, 0.29) is 28.7 Å². The number of rotatable bonds is 1. The van der Waals surface area contributed by atoms with Gasteiger partial charge in [-0.25, -0.2) is 0 Å². The molecular formula is C9H8BrO4-. The van der Waals surface area contributed by atoms with Gasteiger partial charge >= 0.3 is 5.97 Å². The van der Waals surface area contributed by atoms with E-state index in [9.17, 15) is 14.7 Å². The summed E-state index contributed by atoms with van der Waals surface area (Å²) in [4.78, 5) is 22.3. The first-order valence-electron chi connectivity index (χ1n) is 4.66. The van der Waals surface area contributed by atoms with Crippen LogP contribution in [-0.2, 0) is 14.3 Å². The van der Waals surface area contributed by atoms with Crippen molar-refractivity contribution >= 4 is 27.9 Å². The molecule has 1 heterocycles. The molecule has 0 unspecified atom stereocenters. The highest BCUT2D eigenvalue weighted by atomic mass is 79.9. The van der Waals surface area contributed by atoms with Crippen LogP contribution >= 0.6 is 15.9 Å². The minimum Gasteiger partial charge on any atom is -0.550 e. The van der Waals surface area contributed by atoms with Gasteiger partial charge in [-0.2, -0.15) is 0 Å². The molecule has 2 saturated carbocycles. The second kappa shape index (κ2) is 2.51. The molecule has 3 aliphatic rings. The zero-order valence-electron chi connectivity index (χ0n) is 7.18. The molecule has 5 heteroatoms. The Morgan fingerprint density at radius 2 is 2.21 bits per heavy atom. The molecule has 0 aromatic heterocycles. The van der Waals surface area contributed by atoms with Crippen LogP contribution in [0.2, 0.25) is 0 Å². The van der Waals surface area contributed by atoms with Crippen LogP contribution in [0, 0.1) is 23.7 Å². The first-order chi connectivity index (χ1) is 6.61. The van der Waals surface area contributed by atoms with Crippen LogP contribution in [-0.4, -0.2) is 22.9 Å². The summed E-state index contributed by atoms with van der Waals surface area (Å²) in [6.07, 6.45) is 0.670. The zero-order valence-corrected chi connectivity index (χ0v) is 8.77. The highest BCUT2D eigenvalue weighted by Crippen LogP contribution is 2.59. The molecule has 1 saturated heterocycles. The first kappa shape index (κ1) is 8.71. The van der Waals surface area contributed by atoms with Gasteiger partial charge in [0.1, 0.15) is 6.10 Å². The van der Waals surface area contributed by atoms with E-state index in [0.29, 0.717) is 0 Å². The maximum Gasteiger partial charge on any atom is 0.310 e. The van der Waals surface area contributed by atoms with Gasteiger partial charge in [-0.3, -0.25) is 4.79 Å². The zero-order chi connectivity index (χ0) is 10.0. The third-order valence-corrected chi connectivity index (χ3v) is 5.00. The van der Waals surface area contributed by atoms with Crippen LogP contribution in [0.15, 0.2) is 0 Å². The van der Waals surface area contributed by atoms with E-state index < -0.39 is 17.8 Å². The number of carboxylic acid groups (broad SMARTS) is 1. The molecule has 0 aromatic rings. The maximum atomic E-state index is 11.4. The van der Waals surface area contributed by atoms with Gasteiger partial charge in [-0.15, -0.1) is 0 Å². The third-order valence-electron chi connectivity index (χ3n) is 3.80. The van der Waals surface area contributed by atoms with Crippen molar-refractivity contribution in [3.8, 4) is 0 Å². The van der Waals surface area contributed by atoms with E-state index in [4.69, 9.17) is 4.74 Å². The van der Waals surface area contributed by atoms with Gasteiger partial charge in [-0.1, -0.05) is 15.9 Å². The smallest absolute Gasteiger partial charge is 0.310 e. The second-order valence-corrected chi connectivity index (χ2v) is 5.34. The molecule has 2 bridgehead atoms. The predicted molar refractivity (Wildman–Crippen MR) is 46.2 cm³/mol. The highest BCUT2D eigenvalue weighted by molar-refractivity contribution is 9.09. The van der Waals surface area contributed by atoms with Crippen molar-refractivity contribution in [2.24, 2.45) is 23.7 Å². The summed E-state index contributed by atoms with van der Waals surface area (Å²) in [6, 6.07) is 0. The lowest BCUT2D eigenvalue weighted by atomic mass is 9.80. The minimum absolute atomic E-state index is 0.00176. The van der Waals surface area contributed by atoms with Crippen molar-refractivity contribution < 1.29 is 19.4 Å². The Bertz CT molecular complexity index is 329. The van der Waals surface area contributed by atoms with Crippen molar-refractivity contribution in [1.82, 2.24) is 0 Å². The fraction of sp³-hybridized carbons (Fsp3) is 0.778. The maximum absolute atomic E-state index is 11.4. The standard InChI is InChI=1S/C9H9BrO4/c10-6-2-1-3-5(4(2)8(11)12)9(13)14-7(3)6/h2-7H,1H2,(H,11,12)/p-1/t2-,3+,4+,5-,6-,7+/m0/s1. The lowest BCUT2D eigenvalue weighted by molar-refractivity contribution is -0.314. The van der Waals surface area contributed by atoms with Gasteiger partial charge in [0, 0.05) is 17.8 Å². The molecule has 6 atom stereocenters. The van der Waals surface area contributed by atoms with Crippen LogP contribution in [0.25, 0.3) is 0 Å². The van der Waals surface area contributed by atoms with Crippen LogP contribution in [0.3, 0.4) is 0 Å². The molecule has 3 rings (SSSR count). The van der Waals surface area contributed by atoms with Gasteiger partial charge in [0.2, 0.25) is 0 Å². The van der Waals surface area contributed by atoms with Crippen LogP contribution in [0.5, 0.6) is 0 Å². The lowest BCUT2D eigenvalue weighted by Gasteiger charge is -2.28. The van der Waals surface area contributed by atoms with E-state index in [2.05, 4.69) is 15.9 Å². The molecule has 0 N–H and O–H groups in total. The Morgan fingerprint density at radius 1 is 1.50 bits per heavy atom. The number of hydrogen-bond acceptors (Lipinski definition) is 4. The SMILES string of the molecule is O=C([O-])[C@@H]1[C@@H]2C[C@H]3[C@@H](OC(=O)[C@@H]31)[C@H]2Br. The number of fused-ring (bicyclic) bond motifs is 1. The van der Waals surface area contributed by atoms with Gasteiger partial charge in [0.05, 0.1) is 10.7 Å². The van der Waals surface area contributed by atoms with E-state index in [1.54, 1.807) is 0 Å². The first-order valence-corrected chi connectivity index (χ1v) is 5.58. The summed E-state index contributed by atoms with van der Waals surface area (Å²) in [5.74, 6) is -2.44. The molecule has 3 fully saturated rings. The fourth-order valence-electron chi connectivity index (χ4n) is 3.29. The summed E-state index contributed by atoms with van der Waals surface area (Å²) in [7, 11) is 0. The topological polar surface area (TPSA) is 66.4 Å². The number of ether oxygens (including phenoxy) is 1. The normalized spacial score (nSPS) is 53.6. The number of aliphatic carboxylic acids is 1. The number of carbonyl (C=O) groups excluding carboxylic acids is 2. The van der Waals surface area contributed by atoms with E-state index in [0.717, 1.165) is 6.42 Å². The van der Waals surface area contributed by atoms with Crippen molar-refractivity contribution in [2.75, 3.05) is 0 Å². The molecule has 76 valence electrons. The third kappa shape index (κ3) is 0.798. The Morgan fingerprint density at radius 3 is 2.86 bits per heavy atom. The van der Waals surface area contributed by atoms with Gasteiger partial charge < -0.3 is 14.6 Å². The van der Waals surface area contributed by atoms with Crippen LogP contribution in [0.4, 0.5) is 0 Å². The number of carboxylic acids is 1. The fourth-order valence-corrected chi connectivity index (χ4v) is 4.34. The quantitative estimate of drug-likeness (QED) is 0.462.